The molecule has 1 N–H and O–H groups in total. The number of thiazole rings is 1. The van der Waals surface area contributed by atoms with Crippen LogP contribution in [0.3, 0.4) is 0 Å². The van der Waals surface area contributed by atoms with Gasteiger partial charge in [0.15, 0.2) is 16.5 Å². The van der Waals surface area contributed by atoms with Crippen molar-refractivity contribution in [2.24, 2.45) is 0 Å². The third-order valence-electron chi connectivity index (χ3n) is 3.00. The SMILES string of the molecule is Cc1nn(-c2ccccc2)nc1C(=O)Nc1nc(C(F)(F)F)cs1. The number of benzene rings is 1. The average molecular weight is 353 g/mol. The van der Waals surface area contributed by atoms with E-state index in [0.29, 0.717) is 22.7 Å². The van der Waals surface area contributed by atoms with E-state index in [9.17, 15) is 18.0 Å². The molecule has 0 fully saturated rings. The van der Waals surface area contributed by atoms with Gasteiger partial charge in [0.2, 0.25) is 0 Å². The number of aromatic nitrogens is 4. The summed E-state index contributed by atoms with van der Waals surface area (Å²) in [5.74, 6) is -0.669. The first kappa shape index (κ1) is 16.1. The van der Waals surface area contributed by atoms with Crippen molar-refractivity contribution in [3.63, 3.8) is 0 Å². The van der Waals surface area contributed by atoms with E-state index in [0.717, 1.165) is 5.38 Å². The lowest BCUT2D eigenvalue weighted by atomic mass is 10.3. The average Bonchev–Trinajstić information content (AvgIpc) is 3.14. The summed E-state index contributed by atoms with van der Waals surface area (Å²) >= 11 is 0.690. The number of nitrogens with one attached hydrogen (secondary N) is 1. The van der Waals surface area contributed by atoms with Gasteiger partial charge in [0, 0.05) is 5.38 Å². The number of hydrogen-bond donors (Lipinski definition) is 1. The lowest BCUT2D eigenvalue weighted by molar-refractivity contribution is -0.140. The van der Waals surface area contributed by atoms with E-state index < -0.39 is 17.8 Å². The van der Waals surface area contributed by atoms with E-state index in [4.69, 9.17) is 0 Å². The van der Waals surface area contributed by atoms with Crippen LogP contribution >= 0.6 is 11.3 Å². The van der Waals surface area contributed by atoms with Gasteiger partial charge in [0.1, 0.15) is 0 Å². The molecule has 10 heteroatoms. The van der Waals surface area contributed by atoms with E-state index in [2.05, 4.69) is 20.5 Å². The van der Waals surface area contributed by atoms with E-state index in [1.807, 2.05) is 6.07 Å². The predicted octanol–water partition coefficient (Wildman–Crippen LogP) is 3.30. The Bertz CT molecular complexity index is 872. The second-order valence-electron chi connectivity index (χ2n) is 4.75. The third-order valence-corrected chi connectivity index (χ3v) is 3.76. The van der Waals surface area contributed by atoms with Gasteiger partial charge in [-0.25, -0.2) is 4.98 Å². The summed E-state index contributed by atoms with van der Waals surface area (Å²) in [5, 5.41) is 11.2. The van der Waals surface area contributed by atoms with Crippen LogP contribution in [0.15, 0.2) is 35.7 Å². The number of anilines is 1. The van der Waals surface area contributed by atoms with E-state index in [-0.39, 0.29) is 10.8 Å². The summed E-state index contributed by atoms with van der Waals surface area (Å²) in [5.41, 5.74) is -0.0210. The van der Waals surface area contributed by atoms with Crippen molar-refractivity contribution in [3.05, 3.63) is 52.8 Å². The molecular formula is C14H10F3N5OS. The summed E-state index contributed by atoms with van der Waals surface area (Å²) in [7, 11) is 0. The number of para-hydroxylation sites is 1. The number of carbonyl (C=O) groups is 1. The first-order chi connectivity index (χ1) is 11.3. The molecule has 2 aromatic heterocycles. The molecule has 0 aliphatic rings. The molecular weight excluding hydrogens is 343 g/mol. The van der Waals surface area contributed by atoms with Crippen molar-refractivity contribution >= 4 is 22.4 Å². The minimum Gasteiger partial charge on any atom is -0.296 e. The summed E-state index contributed by atoms with van der Waals surface area (Å²) < 4.78 is 37.6. The number of alkyl halides is 3. The van der Waals surface area contributed by atoms with E-state index >= 15 is 0 Å². The lowest BCUT2D eigenvalue weighted by Gasteiger charge is -2.01. The fourth-order valence-corrected chi connectivity index (χ4v) is 2.60. The van der Waals surface area contributed by atoms with Crippen LogP contribution in [0.25, 0.3) is 5.69 Å². The molecule has 2 heterocycles. The maximum absolute atomic E-state index is 12.5. The van der Waals surface area contributed by atoms with Crippen molar-refractivity contribution in [2.45, 2.75) is 13.1 Å². The van der Waals surface area contributed by atoms with Gasteiger partial charge in [-0.05, 0) is 19.1 Å². The zero-order valence-electron chi connectivity index (χ0n) is 12.2. The minimum absolute atomic E-state index is 0.0163. The van der Waals surface area contributed by atoms with Crippen molar-refractivity contribution in [1.82, 2.24) is 20.0 Å². The van der Waals surface area contributed by atoms with Crippen LogP contribution in [-0.4, -0.2) is 25.9 Å². The van der Waals surface area contributed by atoms with Gasteiger partial charge in [0.25, 0.3) is 5.91 Å². The second-order valence-corrected chi connectivity index (χ2v) is 5.61. The molecule has 0 unspecified atom stereocenters. The zero-order chi connectivity index (χ0) is 17.3. The van der Waals surface area contributed by atoms with Crippen molar-refractivity contribution in [2.75, 3.05) is 5.32 Å². The van der Waals surface area contributed by atoms with Gasteiger partial charge in [-0.2, -0.15) is 23.1 Å². The highest BCUT2D eigenvalue weighted by atomic mass is 32.1. The Labute approximate surface area is 138 Å². The standard InChI is InChI=1S/C14H10F3N5OS/c1-8-11(21-22(20-8)9-5-3-2-4-6-9)12(23)19-13-18-10(7-24-13)14(15,16)17/h2-7H,1H3,(H,18,19,23). The molecule has 0 atom stereocenters. The topological polar surface area (TPSA) is 72.7 Å². The van der Waals surface area contributed by atoms with Gasteiger partial charge in [-0.1, -0.05) is 18.2 Å². The molecule has 0 aliphatic heterocycles. The molecule has 0 radical (unpaired) electrons. The number of amides is 1. The highest BCUT2D eigenvalue weighted by Crippen LogP contribution is 2.31. The summed E-state index contributed by atoms with van der Waals surface area (Å²) in [6.45, 7) is 1.59. The number of carbonyl (C=O) groups excluding carboxylic acids is 1. The smallest absolute Gasteiger partial charge is 0.296 e. The highest BCUT2D eigenvalue weighted by Gasteiger charge is 2.34. The Kier molecular flexibility index (Phi) is 4.06. The summed E-state index contributed by atoms with van der Waals surface area (Å²) in [6.07, 6.45) is -4.55. The maximum Gasteiger partial charge on any atom is 0.434 e. The highest BCUT2D eigenvalue weighted by molar-refractivity contribution is 7.14. The summed E-state index contributed by atoms with van der Waals surface area (Å²) in [4.78, 5) is 16.8. The Morgan fingerprint density at radius 3 is 2.54 bits per heavy atom. The fraction of sp³-hybridized carbons (Fsp3) is 0.143. The van der Waals surface area contributed by atoms with E-state index in [1.165, 1.54) is 4.80 Å². The minimum atomic E-state index is -4.55. The normalized spacial score (nSPS) is 11.5. The predicted molar refractivity (Wildman–Crippen MR) is 81.2 cm³/mol. The molecule has 0 saturated carbocycles. The van der Waals surface area contributed by atoms with Gasteiger partial charge in [0.05, 0.1) is 11.4 Å². The number of aryl methyl sites for hydroxylation is 1. The van der Waals surface area contributed by atoms with Crippen LogP contribution in [0.2, 0.25) is 0 Å². The van der Waals surface area contributed by atoms with Crippen LogP contribution in [0, 0.1) is 6.92 Å². The molecule has 0 aliphatic carbocycles. The summed E-state index contributed by atoms with van der Waals surface area (Å²) in [6, 6.07) is 8.94. The number of hydrogen-bond acceptors (Lipinski definition) is 5. The molecule has 0 saturated heterocycles. The molecule has 0 spiro atoms. The van der Waals surface area contributed by atoms with Crippen LogP contribution in [0.5, 0.6) is 0 Å². The lowest BCUT2D eigenvalue weighted by Crippen LogP contribution is -2.14. The van der Waals surface area contributed by atoms with Crippen LogP contribution < -0.4 is 5.32 Å². The third kappa shape index (κ3) is 3.27. The Morgan fingerprint density at radius 1 is 1.21 bits per heavy atom. The van der Waals surface area contributed by atoms with Crippen molar-refractivity contribution in [3.8, 4) is 5.69 Å². The Hall–Kier alpha value is -2.75. The maximum atomic E-state index is 12.5. The van der Waals surface area contributed by atoms with Gasteiger partial charge >= 0.3 is 6.18 Å². The van der Waals surface area contributed by atoms with Gasteiger partial charge in [-0.3, -0.25) is 10.1 Å². The van der Waals surface area contributed by atoms with Crippen molar-refractivity contribution in [1.29, 1.82) is 0 Å². The molecule has 124 valence electrons. The quantitative estimate of drug-likeness (QED) is 0.784. The first-order valence-electron chi connectivity index (χ1n) is 6.68. The number of halogens is 3. The monoisotopic (exact) mass is 353 g/mol. The van der Waals surface area contributed by atoms with Crippen LogP contribution in [0.1, 0.15) is 21.9 Å². The molecule has 3 rings (SSSR count). The molecule has 1 aromatic carbocycles. The molecule has 24 heavy (non-hydrogen) atoms. The van der Waals surface area contributed by atoms with Gasteiger partial charge < -0.3 is 0 Å². The second kappa shape index (κ2) is 6.04. The number of nitrogens with zero attached hydrogens (tertiary/aromatic N) is 4. The van der Waals surface area contributed by atoms with Crippen molar-refractivity contribution < 1.29 is 18.0 Å². The Morgan fingerprint density at radius 2 is 1.92 bits per heavy atom. The van der Waals surface area contributed by atoms with E-state index in [1.54, 1.807) is 31.2 Å². The fourth-order valence-electron chi connectivity index (χ4n) is 1.88. The largest absolute Gasteiger partial charge is 0.434 e. The molecule has 1 amide bonds. The van der Waals surface area contributed by atoms with Gasteiger partial charge in [-0.15, -0.1) is 16.4 Å². The molecule has 3 aromatic rings. The van der Waals surface area contributed by atoms with Crippen LogP contribution in [0.4, 0.5) is 18.3 Å². The molecule has 6 nitrogen and oxygen atoms in total. The Balaban J connectivity index is 1.81. The van der Waals surface area contributed by atoms with Crippen LogP contribution in [-0.2, 0) is 6.18 Å². The first-order valence-corrected chi connectivity index (χ1v) is 7.56. The molecule has 0 bridgehead atoms. The number of rotatable bonds is 3. The zero-order valence-corrected chi connectivity index (χ0v) is 13.0.